The molecule has 2 aromatic carbocycles. The van der Waals surface area contributed by atoms with E-state index in [-0.39, 0.29) is 11.8 Å². The van der Waals surface area contributed by atoms with Gasteiger partial charge in [-0.2, -0.15) is 0 Å². The van der Waals surface area contributed by atoms with E-state index >= 15 is 0 Å². The Morgan fingerprint density at radius 3 is 2.84 bits per heavy atom. The fraction of sp³-hybridized carbons (Fsp3) is 0.263. The molecule has 1 aliphatic heterocycles. The van der Waals surface area contributed by atoms with Crippen LogP contribution in [0.3, 0.4) is 0 Å². The van der Waals surface area contributed by atoms with Crippen LogP contribution in [0.15, 0.2) is 42.5 Å². The lowest BCUT2D eigenvalue weighted by molar-refractivity contribution is 0.0600. The number of benzene rings is 2. The minimum absolute atomic E-state index is 0.0554. The number of methoxy groups -OCH3 is 1. The Morgan fingerprint density at radius 2 is 2.08 bits per heavy atom. The molecule has 0 bridgehead atoms. The summed E-state index contributed by atoms with van der Waals surface area (Å²) in [7, 11) is 1.35. The SMILES string of the molecule is COC(=O)c1ccc2c(c1)[C@H](CNC(=O)c1ccccc1Cl)CCO2. The van der Waals surface area contributed by atoms with Crippen LogP contribution in [0.4, 0.5) is 0 Å². The van der Waals surface area contributed by atoms with Crippen molar-refractivity contribution in [3.8, 4) is 5.75 Å². The zero-order chi connectivity index (χ0) is 17.8. The highest BCUT2D eigenvalue weighted by molar-refractivity contribution is 6.33. The molecule has 1 aliphatic rings. The highest BCUT2D eigenvalue weighted by Crippen LogP contribution is 2.34. The van der Waals surface area contributed by atoms with E-state index in [1.54, 1.807) is 42.5 Å². The summed E-state index contributed by atoms with van der Waals surface area (Å²) in [6.07, 6.45) is 0.750. The summed E-state index contributed by atoms with van der Waals surface area (Å²) in [5.41, 5.74) is 1.81. The van der Waals surface area contributed by atoms with Gasteiger partial charge in [0.15, 0.2) is 0 Å². The van der Waals surface area contributed by atoms with Crippen LogP contribution in [0.25, 0.3) is 0 Å². The summed E-state index contributed by atoms with van der Waals surface area (Å²) in [6, 6.07) is 12.1. The Labute approximate surface area is 150 Å². The predicted octanol–water partition coefficient (Wildman–Crippen LogP) is 3.42. The number of hydrogen-bond donors (Lipinski definition) is 1. The van der Waals surface area contributed by atoms with Gasteiger partial charge >= 0.3 is 5.97 Å². The van der Waals surface area contributed by atoms with Crippen molar-refractivity contribution in [2.24, 2.45) is 0 Å². The lowest BCUT2D eigenvalue weighted by Crippen LogP contribution is -2.31. The second kappa shape index (κ2) is 7.57. The van der Waals surface area contributed by atoms with Crippen LogP contribution in [0, 0.1) is 0 Å². The number of carbonyl (C=O) groups excluding carboxylic acids is 2. The van der Waals surface area contributed by atoms with Gasteiger partial charge in [0.1, 0.15) is 5.75 Å². The molecule has 0 fully saturated rings. The van der Waals surface area contributed by atoms with Crippen LogP contribution < -0.4 is 10.1 Å². The van der Waals surface area contributed by atoms with E-state index in [0.29, 0.717) is 29.3 Å². The maximum absolute atomic E-state index is 12.3. The lowest BCUT2D eigenvalue weighted by Gasteiger charge is -2.26. The average molecular weight is 360 g/mol. The number of fused-ring (bicyclic) bond motifs is 1. The van der Waals surface area contributed by atoms with Gasteiger partial charge in [0.2, 0.25) is 0 Å². The minimum atomic E-state index is -0.396. The number of halogens is 1. The van der Waals surface area contributed by atoms with Crippen LogP contribution in [0.5, 0.6) is 5.75 Å². The first kappa shape index (κ1) is 17.3. The molecule has 0 saturated heterocycles. The van der Waals surface area contributed by atoms with E-state index in [4.69, 9.17) is 21.1 Å². The number of ether oxygens (including phenoxy) is 2. The first-order valence-electron chi connectivity index (χ1n) is 7.98. The smallest absolute Gasteiger partial charge is 0.337 e. The lowest BCUT2D eigenvalue weighted by atomic mass is 9.91. The van der Waals surface area contributed by atoms with Gasteiger partial charge in [0.25, 0.3) is 5.91 Å². The maximum Gasteiger partial charge on any atom is 0.337 e. The summed E-state index contributed by atoms with van der Waals surface area (Å²) in [5.74, 6) is 0.172. The molecule has 1 heterocycles. The summed E-state index contributed by atoms with van der Waals surface area (Å²) in [4.78, 5) is 24.1. The molecule has 0 aromatic heterocycles. The standard InChI is InChI=1S/C19H18ClNO4/c1-24-19(23)12-6-7-17-15(10-12)13(8-9-25-17)11-21-18(22)14-4-2-3-5-16(14)20/h2-7,10,13H,8-9,11H2,1H3,(H,21,22)/t13-/m0/s1. The van der Waals surface area contributed by atoms with E-state index in [9.17, 15) is 9.59 Å². The molecule has 0 spiro atoms. The second-order valence-electron chi connectivity index (χ2n) is 5.77. The predicted molar refractivity (Wildman–Crippen MR) is 94.4 cm³/mol. The summed E-state index contributed by atoms with van der Waals surface area (Å²) >= 11 is 6.06. The van der Waals surface area contributed by atoms with E-state index in [1.807, 2.05) is 0 Å². The van der Waals surface area contributed by atoms with Crippen molar-refractivity contribution in [3.63, 3.8) is 0 Å². The topological polar surface area (TPSA) is 64.6 Å². The molecule has 0 radical (unpaired) electrons. The van der Waals surface area contributed by atoms with Gasteiger partial charge in [-0.3, -0.25) is 4.79 Å². The highest BCUT2D eigenvalue weighted by Gasteiger charge is 2.24. The zero-order valence-electron chi connectivity index (χ0n) is 13.8. The molecule has 1 amide bonds. The zero-order valence-corrected chi connectivity index (χ0v) is 14.5. The van der Waals surface area contributed by atoms with Crippen molar-refractivity contribution in [1.29, 1.82) is 0 Å². The fourth-order valence-corrected chi connectivity index (χ4v) is 3.10. The van der Waals surface area contributed by atoms with Gasteiger partial charge in [-0.1, -0.05) is 23.7 Å². The van der Waals surface area contributed by atoms with Gasteiger partial charge in [0, 0.05) is 12.5 Å². The second-order valence-corrected chi connectivity index (χ2v) is 6.18. The maximum atomic E-state index is 12.3. The third-order valence-corrected chi connectivity index (χ3v) is 4.55. The van der Waals surface area contributed by atoms with Crippen LogP contribution in [-0.2, 0) is 4.74 Å². The molecular formula is C19H18ClNO4. The van der Waals surface area contributed by atoms with Crippen molar-refractivity contribution in [3.05, 3.63) is 64.2 Å². The largest absolute Gasteiger partial charge is 0.493 e. The molecule has 0 aliphatic carbocycles. The van der Waals surface area contributed by atoms with Crippen LogP contribution in [0.2, 0.25) is 5.02 Å². The monoisotopic (exact) mass is 359 g/mol. The first-order valence-corrected chi connectivity index (χ1v) is 8.35. The van der Waals surface area contributed by atoms with E-state index in [2.05, 4.69) is 5.32 Å². The van der Waals surface area contributed by atoms with E-state index in [1.165, 1.54) is 7.11 Å². The first-order chi connectivity index (χ1) is 12.1. The Kier molecular flexibility index (Phi) is 5.24. The van der Waals surface area contributed by atoms with Gasteiger partial charge < -0.3 is 14.8 Å². The van der Waals surface area contributed by atoms with Crippen molar-refractivity contribution >= 4 is 23.5 Å². The molecule has 3 rings (SSSR count). The number of esters is 1. The van der Waals surface area contributed by atoms with Crippen LogP contribution >= 0.6 is 11.6 Å². The summed E-state index contributed by atoms with van der Waals surface area (Å²) in [6.45, 7) is 1.00. The third-order valence-electron chi connectivity index (χ3n) is 4.22. The summed E-state index contributed by atoms with van der Waals surface area (Å²) in [5, 5.41) is 3.33. The van der Waals surface area contributed by atoms with E-state index < -0.39 is 5.97 Å². The number of rotatable bonds is 4. The van der Waals surface area contributed by atoms with Gasteiger partial charge in [-0.25, -0.2) is 4.79 Å². The summed E-state index contributed by atoms with van der Waals surface area (Å²) < 4.78 is 10.4. The van der Waals surface area contributed by atoms with Crippen molar-refractivity contribution in [2.75, 3.05) is 20.3 Å². The minimum Gasteiger partial charge on any atom is -0.493 e. The molecule has 130 valence electrons. The molecular weight excluding hydrogens is 342 g/mol. The quantitative estimate of drug-likeness (QED) is 0.849. The average Bonchev–Trinajstić information content (AvgIpc) is 2.65. The Morgan fingerprint density at radius 1 is 1.28 bits per heavy atom. The molecule has 2 aromatic rings. The Hall–Kier alpha value is -2.53. The molecule has 6 heteroatoms. The van der Waals surface area contributed by atoms with Gasteiger partial charge in [-0.15, -0.1) is 0 Å². The third kappa shape index (κ3) is 3.77. The van der Waals surface area contributed by atoms with Gasteiger partial charge in [0.05, 0.1) is 29.9 Å². The van der Waals surface area contributed by atoms with Crippen molar-refractivity contribution in [1.82, 2.24) is 5.32 Å². The van der Waals surface area contributed by atoms with Crippen molar-refractivity contribution in [2.45, 2.75) is 12.3 Å². The molecule has 0 saturated carbocycles. The van der Waals surface area contributed by atoms with E-state index in [0.717, 1.165) is 17.7 Å². The Bertz CT molecular complexity index is 806. The molecule has 1 N–H and O–H groups in total. The van der Waals surface area contributed by atoms with Gasteiger partial charge in [-0.05, 0) is 42.3 Å². The van der Waals surface area contributed by atoms with Crippen LogP contribution in [0.1, 0.15) is 38.6 Å². The normalized spacial score (nSPS) is 15.7. The number of carbonyl (C=O) groups is 2. The highest BCUT2D eigenvalue weighted by atomic mass is 35.5. The van der Waals surface area contributed by atoms with Crippen LogP contribution in [-0.4, -0.2) is 32.1 Å². The molecule has 5 nitrogen and oxygen atoms in total. The molecule has 0 unspecified atom stereocenters. The van der Waals surface area contributed by atoms with Crippen molar-refractivity contribution < 1.29 is 19.1 Å². The Balaban J connectivity index is 1.75. The number of amides is 1. The number of nitrogens with one attached hydrogen (secondary N) is 1. The number of hydrogen-bond acceptors (Lipinski definition) is 4. The molecule has 1 atom stereocenters. The molecule has 25 heavy (non-hydrogen) atoms. The fourth-order valence-electron chi connectivity index (χ4n) is 2.88.